The van der Waals surface area contributed by atoms with Crippen molar-refractivity contribution in [3.05, 3.63) is 88.2 Å². The van der Waals surface area contributed by atoms with Crippen LogP contribution in [0.3, 0.4) is 0 Å². The van der Waals surface area contributed by atoms with Gasteiger partial charge >= 0.3 is 0 Å². The smallest absolute Gasteiger partial charge is 0.255 e. The lowest BCUT2D eigenvalue weighted by molar-refractivity contribution is 0.0939. The Balaban J connectivity index is 1.75. The Labute approximate surface area is 177 Å². The Morgan fingerprint density at radius 2 is 1.93 bits per heavy atom. The summed E-state index contributed by atoms with van der Waals surface area (Å²) in [6.07, 6.45) is 1.12. The van der Waals surface area contributed by atoms with Crippen LogP contribution in [0.25, 0.3) is 0 Å². The molecule has 0 aliphatic carbocycles. The number of aryl methyl sites for hydroxylation is 4. The number of nitrogens with zero attached hydrogens (tertiary/aromatic N) is 1. The normalized spacial score (nSPS) is 11.8. The molecule has 0 saturated carbocycles. The Hall–Kier alpha value is -3.21. The molecular weight excluding hydrogens is 379 g/mol. The van der Waals surface area contributed by atoms with Crippen LogP contribution in [0.2, 0.25) is 0 Å². The van der Waals surface area contributed by atoms with Gasteiger partial charge in [-0.3, -0.25) is 9.78 Å². The van der Waals surface area contributed by atoms with E-state index in [1.54, 1.807) is 19.1 Å². The second kappa shape index (κ2) is 9.53. The highest BCUT2D eigenvalue weighted by atomic mass is 19.1. The van der Waals surface area contributed by atoms with Gasteiger partial charge in [-0.1, -0.05) is 42.8 Å². The number of amides is 1. The number of rotatable bonds is 7. The molecule has 0 spiro atoms. The molecule has 4 nitrogen and oxygen atoms in total. The Kier molecular flexibility index (Phi) is 6.83. The number of pyridine rings is 1. The highest BCUT2D eigenvalue weighted by Crippen LogP contribution is 2.27. The van der Waals surface area contributed by atoms with Crippen molar-refractivity contribution in [2.24, 2.45) is 0 Å². The predicted molar refractivity (Wildman–Crippen MR) is 117 cm³/mol. The van der Waals surface area contributed by atoms with Crippen LogP contribution in [0, 0.1) is 20.8 Å². The molecule has 1 heterocycles. The van der Waals surface area contributed by atoms with Crippen LogP contribution in [0.4, 0.5) is 4.39 Å². The van der Waals surface area contributed by atoms with Crippen LogP contribution in [-0.2, 0) is 6.42 Å². The quantitative estimate of drug-likeness (QED) is 0.539. The number of carbonyl (C=O) groups is 1. The first-order chi connectivity index (χ1) is 14.4. The van der Waals surface area contributed by atoms with Crippen molar-refractivity contribution in [1.82, 2.24) is 10.3 Å². The van der Waals surface area contributed by atoms with E-state index < -0.39 is 12.1 Å². The van der Waals surface area contributed by atoms with Gasteiger partial charge in [-0.2, -0.15) is 0 Å². The highest BCUT2D eigenvalue weighted by molar-refractivity contribution is 5.97. The topological polar surface area (TPSA) is 51.2 Å². The third kappa shape index (κ3) is 5.23. The van der Waals surface area contributed by atoms with E-state index in [-0.39, 0.29) is 6.54 Å². The number of hydrogen-bond acceptors (Lipinski definition) is 3. The van der Waals surface area contributed by atoms with Crippen LogP contribution in [0.15, 0.2) is 54.7 Å². The van der Waals surface area contributed by atoms with Crippen molar-refractivity contribution < 1.29 is 13.9 Å². The van der Waals surface area contributed by atoms with Gasteiger partial charge < -0.3 is 10.1 Å². The molecule has 30 heavy (non-hydrogen) atoms. The van der Waals surface area contributed by atoms with Crippen LogP contribution in [0.1, 0.15) is 51.4 Å². The van der Waals surface area contributed by atoms with Crippen molar-refractivity contribution >= 4 is 5.91 Å². The van der Waals surface area contributed by atoms with Gasteiger partial charge in [0.15, 0.2) is 5.75 Å². The average molecular weight is 407 g/mol. The molecule has 1 aromatic heterocycles. The fourth-order valence-electron chi connectivity index (χ4n) is 3.33. The largest absolute Gasteiger partial charge is 0.455 e. The molecule has 2 aromatic carbocycles. The summed E-state index contributed by atoms with van der Waals surface area (Å²) in [4.78, 5) is 17.1. The van der Waals surface area contributed by atoms with E-state index in [9.17, 15) is 9.18 Å². The molecule has 0 radical (unpaired) electrons. The second-order valence-corrected chi connectivity index (χ2v) is 7.46. The summed E-state index contributed by atoms with van der Waals surface area (Å²) in [5.41, 5.74) is 4.68. The molecule has 0 aliphatic rings. The lowest BCUT2D eigenvalue weighted by atomic mass is 10.0. The van der Waals surface area contributed by atoms with E-state index in [1.165, 1.54) is 6.20 Å². The van der Waals surface area contributed by atoms with Gasteiger partial charge in [0.1, 0.15) is 11.9 Å². The number of benzene rings is 2. The molecule has 0 aliphatic heterocycles. The maximum absolute atomic E-state index is 14.8. The number of halogens is 1. The molecule has 1 atom stereocenters. The second-order valence-electron chi connectivity index (χ2n) is 7.46. The number of nitrogens with one attached hydrogen (secondary N) is 1. The first kappa shape index (κ1) is 21.5. The van der Waals surface area contributed by atoms with E-state index in [0.29, 0.717) is 28.3 Å². The number of aromatic nitrogens is 1. The molecule has 0 bridgehead atoms. The van der Waals surface area contributed by atoms with E-state index in [1.807, 2.05) is 50.2 Å². The Morgan fingerprint density at radius 1 is 1.13 bits per heavy atom. The van der Waals surface area contributed by atoms with E-state index in [4.69, 9.17) is 4.74 Å². The molecule has 3 rings (SSSR count). The van der Waals surface area contributed by atoms with Crippen molar-refractivity contribution in [2.75, 3.05) is 6.54 Å². The van der Waals surface area contributed by atoms with Gasteiger partial charge in [-0.05, 0) is 62.1 Å². The molecule has 5 heteroatoms. The van der Waals surface area contributed by atoms with E-state index in [0.717, 1.165) is 23.1 Å². The lowest BCUT2D eigenvalue weighted by Crippen LogP contribution is -2.28. The van der Waals surface area contributed by atoms with Gasteiger partial charge in [-0.25, -0.2) is 4.39 Å². The molecule has 0 fully saturated rings. The minimum absolute atomic E-state index is 0.116. The number of ether oxygens (including phenoxy) is 1. The summed E-state index contributed by atoms with van der Waals surface area (Å²) < 4.78 is 20.7. The number of hydrogen-bond donors (Lipinski definition) is 1. The first-order valence-electron chi connectivity index (χ1n) is 10.1. The molecule has 3 aromatic rings. The van der Waals surface area contributed by atoms with Gasteiger partial charge in [0.2, 0.25) is 0 Å². The summed E-state index contributed by atoms with van der Waals surface area (Å²) in [5, 5.41) is 2.69. The standard InChI is InChI=1S/C25H27FN2O2/c1-5-19-7-6-8-20(13-19)30-24-15-27-18(4)12-22(24)25(29)28-14-23(26)21-10-9-16(2)11-17(21)3/h6-13,15,23H,5,14H2,1-4H3,(H,28,29). The molecular formula is C25H27FN2O2. The summed E-state index contributed by atoms with van der Waals surface area (Å²) in [6, 6.07) is 14.9. The van der Waals surface area contributed by atoms with Crippen LogP contribution >= 0.6 is 0 Å². The van der Waals surface area contributed by atoms with Crippen molar-refractivity contribution in [1.29, 1.82) is 0 Å². The molecule has 1 amide bonds. The van der Waals surface area contributed by atoms with E-state index >= 15 is 0 Å². The number of carbonyl (C=O) groups excluding carboxylic acids is 1. The molecule has 1 N–H and O–H groups in total. The van der Waals surface area contributed by atoms with Crippen LogP contribution in [-0.4, -0.2) is 17.4 Å². The summed E-state index contributed by atoms with van der Waals surface area (Å²) in [5.74, 6) is 0.579. The van der Waals surface area contributed by atoms with Gasteiger partial charge in [0, 0.05) is 5.69 Å². The minimum Gasteiger partial charge on any atom is -0.455 e. The zero-order valence-electron chi connectivity index (χ0n) is 17.8. The van der Waals surface area contributed by atoms with Crippen molar-refractivity contribution in [3.8, 4) is 11.5 Å². The molecule has 156 valence electrons. The van der Waals surface area contributed by atoms with Gasteiger partial charge in [0.25, 0.3) is 5.91 Å². The first-order valence-corrected chi connectivity index (χ1v) is 10.1. The Morgan fingerprint density at radius 3 is 2.67 bits per heavy atom. The van der Waals surface area contributed by atoms with Crippen LogP contribution in [0.5, 0.6) is 11.5 Å². The number of alkyl halides is 1. The van der Waals surface area contributed by atoms with Crippen molar-refractivity contribution in [2.45, 2.75) is 40.3 Å². The summed E-state index contributed by atoms with van der Waals surface area (Å²) in [7, 11) is 0. The fourth-order valence-corrected chi connectivity index (χ4v) is 3.33. The van der Waals surface area contributed by atoms with Gasteiger partial charge in [0.05, 0.1) is 18.3 Å². The lowest BCUT2D eigenvalue weighted by Gasteiger charge is -2.15. The van der Waals surface area contributed by atoms with E-state index in [2.05, 4.69) is 17.2 Å². The van der Waals surface area contributed by atoms with Crippen LogP contribution < -0.4 is 10.1 Å². The maximum Gasteiger partial charge on any atom is 0.255 e. The van der Waals surface area contributed by atoms with Crippen molar-refractivity contribution in [3.63, 3.8) is 0 Å². The predicted octanol–water partition coefficient (Wildman–Crippen LogP) is 5.80. The Bertz CT molecular complexity index is 1050. The monoisotopic (exact) mass is 406 g/mol. The summed E-state index contributed by atoms with van der Waals surface area (Å²) in [6.45, 7) is 7.59. The third-order valence-corrected chi connectivity index (χ3v) is 4.99. The molecule has 0 saturated heterocycles. The van der Waals surface area contributed by atoms with Gasteiger partial charge in [-0.15, -0.1) is 0 Å². The average Bonchev–Trinajstić information content (AvgIpc) is 2.73. The third-order valence-electron chi connectivity index (χ3n) is 4.99. The summed E-state index contributed by atoms with van der Waals surface area (Å²) >= 11 is 0. The maximum atomic E-state index is 14.8. The highest BCUT2D eigenvalue weighted by Gasteiger charge is 2.18. The SMILES string of the molecule is CCc1cccc(Oc2cnc(C)cc2C(=O)NCC(F)c2ccc(C)cc2C)c1. The minimum atomic E-state index is -1.29. The molecule has 1 unspecified atom stereocenters. The zero-order valence-corrected chi connectivity index (χ0v) is 17.8. The zero-order chi connectivity index (χ0) is 21.7. The fraction of sp³-hybridized carbons (Fsp3) is 0.280.